The van der Waals surface area contributed by atoms with Gasteiger partial charge >= 0.3 is 0 Å². The number of aromatic hydroxyl groups is 1. The second kappa shape index (κ2) is 5.73. The van der Waals surface area contributed by atoms with E-state index in [0.717, 1.165) is 5.56 Å². The van der Waals surface area contributed by atoms with Crippen LogP contribution in [0, 0.1) is 13.8 Å². The molecule has 0 atom stereocenters. The fourth-order valence-electron chi connectivity index (χ4n) is 1.77. The largest absolute Gasteiger partial charge is 0.507 e. The molecule has 2 rings (SSSR count). The molecule has 0 fully saturated rings. The first-order valence-electron chi connectivity index (χ1n) is 5.95. The number of aryl methyl sites for hydroxylation is 2. The minimum absolute atomic E-state index is 0.0423. The van der Waals surface area contributed by atoms with Crippen molar-refractivity contribution in [2.75, 3.05) is 5.32 Å². The summed E-state index contributed by atoms with van der Waals surface area (Å²) < 4.78 is 0. The lowest BCUT2D eigenvalue weighted by atomic mass is 10.1. The van der Waals surface area contributed by atoms with Gasteiger partial charge in [-0.1, -0.05) is 35.3 Å². The fourth-order valence-corrected chi connectivity index (χ4v) is 2.20. The van der Waals surface area contributed by atoms with E-state index in [-0.39, 0.29) is 11.3 Å². The van der Waals surface area contributed by atoms with Gasteiger partial charge in [-0.25, -0.2) is 0 Å². The first-order chi connectivity index (χ1) is 9.40. The molecule has 2 aromatic rings. The van der Waals surface area contributed by atoms with Gasteiger partial charge in [-0.3, -0.25) is 4.79 Å². The number of rotatable bonds is 2. The molecule has 2 aromatic carbocycles. The number of nitrogens with one attached hydrogen (secondary N) is 1. The summed E-state index contributed by atoms with van der Waals surface area (Å²) in [6, 6.07) is 8.23. The van der Waals surface area contributed by atoms with Crippen LogP contribution < -0.4 is 5.32 Å². The molecular formula is C15H13Cl2NO2. The van der Waals surface area contributed by atoms with Gasteiger partial charge in [0.1, 0.15) is 5.75 Å². The molecule has 1 amide bonds. The van der Waals surface area contributed by atoms with Crippen molar-refractivity contribution < 1.29 is 9.90 Å². The van der Waals surface area contributed by atoms with Crippen LogP contribution in [-0.2, 0) is 0 Å². The lowest BCUT2D eigenvalue weighted by molar-refractivity contribution is 0.102. The Hall–Kier alpha value is -1.71. The summed E-state index contributed by atoms with van der Waals surface area (Å²) in [4.78, 5) is 12.2. The summed E-state index contributed by atoms with van der Waals surface area (Å²) in [5, 5.41) is 13.4. The molecule has 20 heavy (non-hydrogen) atoms. The summed E-state index contributed by atoms with van der Waals surface area (Å²) in [6.07, 6.45) is 0. The van der Waals surface area contributed by atoms with Crippen molar-refractivity contribution in [3.8, 4) is 5.75 Å². The zero-order valence-corrected chi connectivity index (χ0v) is 12.5. The summed E-state index contributed by atoms with van der Waals surface area (Å²) in [6.45, 7) is 3.55. The van der Waals surface area contributed by atoms with Crippen LogP contribution in [-0.4, -0.2) is 11.0 Å². The Morgan fingerprint density at radius 1 is 1.10 bits per heavy atom. The molecule has 0 saturated heterocycles. The predicted octanol–water partition coefficient (Wildman–Crippen LogP) is 4.57. The average Bonchev–Trinajstić information content (AvgIpc) is 2.39. The molecule has 0 saturated carbocycles. The van der Waals surface area contributed by atoms with E-state index in [1.165, 1.54) is 0 Å². The summed E-state index contributed by atoms with van der Waals surface area (Å²) >= 11 is 12.1. The van der Waals surface area contributed by atoms with E-state index in [4.69, 9.17) is 23.2 Å². The Bertz CT molecular complexity index is 684. The van der Waals surface area contributed by atoms with Gasteiger partial charge in [-0.15, -0.1) is 0 Å². The molecule has 0 radical (unpaired) electrons. The molecule has 0 bridgehead atoms. The van der Waals surface area contributed by atoms with E-state index in [0.29, 0.717) is 21.3 Å². The monoisotopic (exact) mass is 309 g/mol. The van der Waals surface area contributed by atoms with Crippen molar-refractivity contribution in [1.82, 2.24) is 0 Å². The van der Waals surface area contributed by atoms with Gasteiger partial charge in [0.25, 0.3) is 5.91 Å². The first kappa shape index (κ1) is 14.7. The third-order valence-corrected chi connectivity index (χ3v) is 3.70. The van der Waals surface area contributed by atoms with Crippen LogP contribution >= 0.6 is 23.2 Å². The molecule has 3 nitrogen and oxygen atoms in total. The highest BCUT2D eigenvalue weighted by atomic mass is 35.5. The van der Waals surface area contributed by atoms with Crippen LogP contribution in [0.5, 0.6) is 5.75 Å². The van der Waals surface area contributed by atoms with Gasteiger partial charge in [-0.2, -0.15) is 0 Å². The van der Waals surface area contributed by atoms with Crippen LogP contribution in [0.25, 0.3) is 0 Å². The van der Waals surface area contributed by atoms with E-state index in [2.05, 4.69) is 5.32 Å². The SMILES string of the molecule is Cc1cc(Cl)c(NC(=O)c2cccc(C)c2O)cc1Cl. The molecule has 0 aromatic heterocycles. The number of amides is 1. The van der Waals surface area contributed by atoms with Crippen molar-refractivity contribution in [1.29, 1.82) is 0 Å². The number of benzene rings is 2. The number of carbonyl (C=O) groups excluding carboxylic acids is 1. The third-order valence-electron chi connectivity index (χ3n) is 2.98. The number of phenolic OH excluding ortho intramolecular Hbond substituents is 1. The molecule has 0 unspecified atom stereocenters. The summed E-state index contributed by atoms with van der Waals surface area (Å²) in [7, 11) is 0. The number of carbonyl (C=O) groups is 1. The Kier molecular flexibility index (Phi) is 4.21. The zero-order chi connectivity index (χ0) is 14.9. The van der Waals surface area contributed by atoms with Crippen molar-refractivity contribution in [3.63, 3.8) is 0 Å². The standard InChI is InChI=1S/C15H13Cl2NO2/c1-8-4-3-5-10(14(8)19)15(20)18-13-7-11(16)9(2)6-12(13)17/h3-7,19H,1-2H3,(H,18,20). The van der Waals surface area contributed by atoms with Crippen molar-refractivity contribution in [2.45, 2.75) is 13.8 Å². The van der Waals surface area contributed by atoms with Gasteiger partial charge in [0.15, 0.2) is 0 Å². The molecule has 0 heterocycles. The van der Waals surface area contributed by atoms with Crippen LogP contribution in [0.15, 0.2) is 30.3 Å². The number of halogens is 2. The maximum absolute atomic E-state index is 12.2. The highest BCUT2D eigenvalue weighted by Crippen LogP contribution is 2.30. The van der Waals surface area contributed by atoms with E-state index >= 15 is 0 Å². The molecule has 0 aliphatic carbocycles. The van der Waals surface area contributed by atoms with Gasteiger partial charge in [0.05, 0.1) is 16.3 Å². The maximum atomic E-state index is 12.2. The van der Waals surface area contributed by atoms with Gasteiger partial charge in [-0.05, 0) is 43.2 Å². The lowest BCUT2D eigenvalue weighted by Crippen LogP contribution is -2.12. The molecule has 0 spiro atoms. The van der Waals surface area contributed by atoms with E-state index < -0.39 is 5.91 Å². The number of hydrogen-bond acceptors (Lipinski definition) is 2. The molecular weight excluding hydrogens is 297 g/mol. The molecule has 104 valence electrons. The fraction of sp³-hybridized carbons (Fsp3) is 0.133. The van der Waals surface area contributed by atoms with Gasteiger partial charge < -0.3 is 10.4 Å². The van der Waals surface area contributed by atoms with Crippen LogP contribution in [0.2, 0.25) is 10.0 Å². The molecule has 0 aliphatic heterocycles. The number of para-hydroxylation sites is 1. The van der Waals surface area contributed by atoms with Crippen LogP contribution in [0.3, 0.4) is 0 Å². The first-order valence-corrected chi connectivity index (χ1v) is 6.71. The van der Waals surface area contributed by atoms with Gasteiger partial charge in [0, 0.05) is 5.02 Å². The highest BCUT2D eigenvalue weighted by Gasteiger charge is 2.14. The Balaban J connectivity index is 2.33. The minimum Gasteiger partial charge on any atom is -0.507 e. The number of hydrogen-bond donors (Lipinski definition) is 2. The normalized spacial score (nSPS) is 10.4. The van der Waals surface area contributed by atoms with Crippen molar-refractivity contribution in [3.05, 3.63) is 57.1 Å². The quantitative estimate of drug-likeness (QED) is 0.853. The second-order valence-electron chi connectivity index (χ2n) is 4.51. The lowest BCUT2D eigenvalue weighted by Gasteiger charge is -2.11. The van der Waals surface area contributed by atoms with E-state index in [1.54, 1.807) is 37.3 Å². The molecule has 0 aliphatic rings. The summed E-state index contributed by atoms with van der Waals surface area (Å²) in [5.41, 5.74) is 2.06. The van der Waals surface area contributed by atoms with E-state index in [1.807, 2.05) is 6.92 Å². The van der Waals surface area contributed by atoms with Crippen LogP contribution in [0.1, 0.15) is 21.5 Å². The molecule has 2 N–H and O–H groups in total. The smallest absolute Gasteiger partial charge is 0.259 e. The van der Waals surface area contributed by atoms with Crippen molar-refractivity contribution in [2.24, 2.45) is 0 Å². The topological polar surface area (TPSA) is 49.3 Å². The molecule has 5 heteroatoms. The average molecular weight is 310 g/mol. The summed E-state index contributed by atoms with van der Waals surface area (Å²) in [5.74, 6) is -0.479. The predicted molar refractivity (Wildman–Crippen MR) is 82.0 cm³/mol. The third kappa shape index (κ3) is 2.89. The number of phenols is 1. The van der Waals surface area contributed by atoms with Gasteiger partial charge in [0.2, 0.25) is 0 Å². The number of anilines is 1. The second-order valence-corrected chi connectivity index (χ2v) is 5.32. The highest BCUT2D eigenvalue weighted by molar-refractivity contribution is 6.36. The minimum atomic E-state index is -0.437. The van der Waals surface area contributed by atoms with Crippen LogP contribution in [0.4, 0.5) is 5.69 Å². The van der Waals surface area contributed by atoms with Crippen molar-refractivity contribution >= 4 is 34.8 Å². The zero-order valence-electron chi connectivity index (χ0n) is 11.0. The maximum Gasteiger partial charge on any atom is 0.259 e. The van der Waals surface area contributed by atoms with E-state index in [9.17, 15) is 9.90 Å². The Labute approximate surface area is 127 Å². The Morgan fingerprint density at radius 3 is 2.50 bits per heavy atom. The Morgan fingerprint density at radius 2 is 1.80 bits per heavy atom.